The summed E-state index contributed by atoms with van der Waals surface area (Å²) in [7, 11) is 0. The number of halogens is 1. The standard InChI is InChI=1S/C24H25FN4O3S/c25-19-9-5-4-8-18(19)23-27-28-24(29(23)17-6-2-1-3-7-17)33-14-22(30)26-13-16-10-11-20-21(12-16)32-15-31-20/h4-5,8-12,17H,1-3,6-7,13-15H2,(H,26,30). The second-order valence-electron chi connectivity index (χ2n) is 8.20. The number of benzene rings is 2. The topological polar surface area (TPSA) is 78.3 Å². The third kappa shape index (κ3) is 4.83. The summed E-state index contributed by atoms with van der Waals surface area (Å²) in [4.78, 5) is 12.5. The van der Waals surface area contributed by atoms with Gasteiger partial charge in [-0.3, -0.25) is 9.36 Å². The van der Waals surface area contributed by atoms with Crippen LogP contribution in [0.15, 0.2) is 47.6 Å². The third-order valence-corrected chi connectivity index (χ3v) is 6.92. The zero-order chi connectivity index (χ0) is 22.6. The molecule has 7 nitrogen and oxygen atoms in total. The number of rotatable bonds is 7. The molecule has 0 spiro atoms. The maximum atomic E-state index is 14.5. The number of carbonyl (C=O) groups is 1. The van der Waals surface area contributed by atoms with E-state index in [1.807, 2.05) is 22.8 Å². The van der Waals surface area contributed by atoms with E-state index < -0.39 is 0 Å². The minimum atomic E-state index is -0.319. The summed E-state index contributed by atoms with van der Waals surface area (Å²) in [5.41, 5.74) is 1.37. The molecule has 1 fully saturated rings. The van der Waals surface area contributed by atoms with Crippen LogP contribution in [-0.2, 0) is 11.3 Å². The van der Waals surface area contributed by atoms with E-state index in [2.05, 4.69) is 15.5 Å². The second kappa shape index (κ2) is 9.82. The van der Waals surface area contributed by atoms with Gasteiger partial charge in [0.25, 0.3) is 0 Å². The van der Waals surface area contributed by atoms with Crippen molar-refractivity contribution in [2.45, 2.75) is 49.8 Å². The van der Waals surface area contributed by atoms with Crippen molar-refractivity contribution in [2.24, 2.45) is 0 Å². The minimum absolute atomic E-state index is 0.108. The molecule has 1 saturated carbocycles. The van der Waals surface area contributed by atoms with Gasteiger partial charge >= 0.3 is 0 Å². The molecule has 1 aliphatic heterocycles. The smallest absolute Gasteiger partial charge is 0.231 e. The first kappa shape index (κ1) is 21.8. The predicted octanol–water partition coefficient (Wildman–Crippen LogP) is 4.73. The number of hydrogen-bond donors (Lipinski definition) is 1. The SMILES string of the molecule is O=C(CSc1nnc(-c2ccccc2F)n1C1CCCCC1)NCc1ccc2c(c1)OCO2. The Labute approximate surface area is 195 Å². The molecule has 0 unspecified atom stereocenters. The molecule has 2 heterocycles. The van der Waals surface area contributed by atoms with Crippen molar-refractivity contribution in [1.29, 1.82) is 0 Å². The maximum absolute atomic E-state index is 14.5. The molecule has 1 aliphatic carbocycles. The van der Waals surface area contributed by atoms with Gasteiger partial charge in [0.15, 0.2) is 22.5 Å². The lowest BCUT2D eigenvalue weighted by atomic mass is 9.95. The molecule has 172 valence electrons. The molecule has 9 heteroatoms. The maximum Gasteiger partial charge on any atom is 0.231 e. The van der Waals surface area contributed by atoms with Gasteiger partial charge in [-0.05, 0) is 42.7 Å². The van der Waals surface area contributed by atoms with Gasteiger partial charge in [-0.15, -0.1) is 10.2 Å². The Morgan fingerprint density at radius 1 is 1.09 bits per heavy atom. The highest BCUT2D eigenvalue weighted by molar-refractivity contribution is 7.99. The van der Waals surface area contributed by atoms with Crippen molar-refractivity contribution in [3.05, 3.63) is 53.8 Å². The quantitative estimate of drug-likeness (QED) is 0.505. The van der Waals surface area contributed by atoms with E-state index in [0.717, 1.165) is 31.2 Å². The van der Waals surface area contributed by atoms with Crippen LogP contribution in [0.4, 0.5) is 4.39 Å². The fraction of sp³-hybridized carbons (Fsp3) is 0.375. The Hall–Kier alpha value is -3.07. The van der Waals surface area contributed by atoms with Crippen LogP contribution in [0.5, 0.6) is 11.5 Å². The van der Waals surface area contributed by atoms with Crippen molar-refractivity contribution in [2.75, 3.05) is 12.5 Å². The van der Waals surface area contributed by atoms with Gasteiger partial charge < -0.3 is 14.8 Å². The first-order valence-electron chi connectivity index (χ1n) is 11.2. The van der Waals surface area contributed by atoms with E-state index in [1.54, 1.807) is 18.2 Å². The molecule has 2 aromatic carbocycles. The van der Waals surface area contributed by atoms with Crippen LogP contribution in [0.1, 0.15) is 43.7 Å². The van der Waals surface area contributed by atoms with E-state index in [1.165, 1.54) is 24.2 Å². The van der Waals surface area contributed by atoms with E-state index >= 15 is 0 Å². The minimum Gasteiger partial charge on any atom is -0.454 e. The van der Waals surface area contributed by atoms with E-state index in [4.69, 9.17) is 9.47 Å². The fourth-order valence-electron chi connectivity index (χ4n) is 4.30. The van der Waals surface area contributed by atoms with Crippen LogP contribution < -0.4 is 14.8 Å². The summed E-state index contributed by atoms with van der Waals surface area (Å²) in [6.07, 6.45) is 5.46. The zero-order valence-corrected chi connectivity index (χ0v) is 18.9. The third-order valence-electron chi connectivity index (χ3n) is 5.98. The highest BCUT2D eigenvalue weighted by atomic mass is 32.2. The van der Waals surface area contributed by atoms with Crippen LogP contribution in [0.2, 0.25) is 0 Å². The summed E-state index contributed by atoms with van der Waals surface area (Å²) >= 11 is 1.34. The number of carbonyl (C=O) groups excluding carboxylic acids is 1. The first-order valence-corrected chi connectivity index (χ1v) is 12.2. The highest BCUT2D eigenvalue weighted by Crippen LogP contribution is 2.36. The van der Waals surface area contributed by atoms with Crippen LogP contribution in [0, 0.1) is 5.82 Å². The molecule has 3 aromatic rings. The summed E-state index contributed by atoms with van der Waals surface area (Å²) in [5, 5.41) is 12.2. The lowest BCUT2D eigenvalue weighted by Crippen LogP contribution is -2.25. The largest absolute Gasteiger partial charge is 0.454 e. The number of ether oxygens (including phenoxy) is 2. The van der Waals surface area contributed by atoms with Gasteiger partial charge in [-0.2, -0.15) is 0 Å². The number of nitrogens with zero attached hydrogens (tertiary/aromatic N) is 3. The summed E-state index contributed by atoms with van der Waals surface area (Å²) in [5.74, 6) is 1.71. The molecule has 0 saturated heterocycles. The lowest BCUT2D eigenvalue weighted by molar-refractivity contribution is -0.118. The first-order chi connectivity index (χ1) is 16.2. The van der Waals surface area contributed by atoms with Crippen molar-refractivity contribution >= 4 is 17.7 Å². The Balaban J connectivity index is 1.27. The van der Waals surface area contributed by atoms with Gasteiger partial charge in [0.1, 0.15) is 5.82 Å². The van der Waals surface area contributed by atoms with Crippen molar-refractivity contribution in [3.8, 4) is 22.9 Å². The average molecular weight is 469 g/mol. The molecule has 5 rings (SSSR count). The van der Waals surface area contributed by atoms with E-state index in [9.17, 15) is 9.18 Å². The van der Waals surface area contributed by atoms with Crippen molar-refractivity contribution < 1.29 is 18.7 Å². The van der Waals surface area contributed by atoms with Gasteiger partial charge in [0.2, 0.25) is 12.7 Å². The van der Waals surface area contributed by atoms with E-state index in [0.29, 0.717) is 34.6 Å². The molecule has 1 aromatic heterocycles. The number of aromatic nitrogens is 3. The molecule has 0 radical (unpaired) electrons. The summed E-state index contributed by atoms with van der Waals surface area (Å²) in [6, 6.07) is 12.5. The van der Waals surface area contributed by atoms with Gasteiger partial charge in [0.05, 0.1) is 11.3 Å². The molecule has 1 amide bonds. The number of nitrogens with one attached hydrogen (secondary N) is 1. The van der Waals surface area contributed by atoms with Crippen LogP contribution in [-0.4, -0.2) is 33.2 Å². The molecule has 1 N–H and O–H groups in total. The van der Waals surface area contributed by atoms with Crippen molar-refractivity contribution in [1.82, 2.24) is 20.1 Å². The van der Waals surface area contributed by atoms with Gasteiger partial charge in [-0.1, -0.05) is 49.2 Å². The number of hydrogen-bond acceptors (Lipinski definition) is 6. The molecule has 33 heavy (non-hydrogen) atoms. The van der Waals surface area contributed by atoms with Crippen LogP contribution >= 0.6 is 11.8 Å². The normalized spacial score (nSPS) is 15.5. The monoisotopic (exact) mass is 468 g/mol. The van der Waals surface area contributed by atoms with Crippen LogP contribution in [0.3, 0.4) is 0 Å². The number of fused-ring (bicyclic) bond motifs is 1. The van der Waals surface area contributed by atoms with Crippen molar-refractivity contribution in [3.63, 3.8) is 0 Å². The molecule has 0 atom stereocenters. The molecule has 0 bridgehead atoms. The average Bonchev–Trinajstić information content (AvgIpc) is 3.49. The predicted molar refractivity (Wildman–Crippen MR) is 123 cm³/mol. The Kier molecular flexibility index (Phi) is 6.48. The molecular formula is C24H25FN4O3S. The molecule has 2 aliphatic rings. The van der Waals surface area contributed by atoms with Gasteiger partial charge in [0, 0.05) is 12.6 Å². The number of thioether (sulfide) groups is 1. The highest BCUT2D eigenvalue weighted by Gasteiger charge is 2.25. The van der Waals surface area contributed by atoms with Crippen LogP contribution in [0.25, 0.3) is 11.4 Å². The Morgan fingerprint density at radius 3 is 2.76 bits per heavy atom. The Morgan fingerprint density at radius 2 is 1.91 bits per heavy atom. The number of amides is 1. The second-order valence-corrected chi connectivity index (χ2v) is 9.14. The van der Waals surface area contributed by atoms with Gasteiger partial charge in [-0.25, -0.2) is 4.39 Å². The fourth-order valence-corrected chi connectivity index (χ4v) is 5.14. The zero-order valence-electron chi connectivity index (χ0n) is 18.1. The lowest BCUT2D eigenvalue weighted by Gasteiger charge is -2.25. The molecular weight excluding hydrogens is 443 g/mol. The summed E-state index contributed by atoms with van der Waals surface area (Å²) in [6.45, 7) is 0.615. The Bertz CT molecular complexity index is 1150. The summed E-state index contributed by atoms with van der Waals surface area (Å²) < 4.78 is 27.3. The van der Waals surface area contributed by atoms with E-state index in [-0.39, 0.29) is 30.3 Å².